The maximum atomic E-state index is 11.5. The minimum atomic E-state index is -1.05. The third-order valence-electron chi connectivity index (χ3n) is 3.14. The molecular formula is C16H10Cl2N2O2. The Balaban J connectivity index is 2.11. The van der Waals surface area contributed by atoms with Gasteiger partial charge in [-0.25, -0.2) is 9.48 Å². The van der Waals surface area contributed by atoms with Crippen molar-refractivity contribution in [2.24, 2.45) is 0 Å². The van der Waals surface area contributed by atoms with E-state index in [1.807, 2.05) is 0 Å². The van der Waals surface area contributed by atoms with Crippen molar-refractivity contribution < 1.29 is 9.90 Å². The van der Waals surface area contributed by atoms with Crippen molar-refractivity contribution in [3.05, 3.63) is 70.3 Å². The number of rotatable bonds is 3. The first-order chi connectivity index (χ1) is 10.5. The van der Waals surface area contributed by atoms with Crippen LogP contribution >= 0.6 is 23.2 Å². The number of carboxylic acids is 1. The van der Waals surface area contributed by atoms with E-state index in [0.29, 0.717) is 21.4 Å². The Hall–Kier alpha value is -2.30. The molecule has 22 heavy (non-hydrogen) atoms. The summed E-state index contributed by atoms with van der Waals surface area (Å²) in [7, 11) is 0. The molecule has 0 aliphatic rings. The summed E-state index contributed by atoms with van der Waals surface area (Å²) >= 11 is 11.7. The van der Waals surface area contributed by atoms with Crippen LogP contribution in [0, 0.1) is 0 Å². The largest absolute Gasteiger partial charge is 0.477 e. The monoisotopic (exact) mass is 332 g/mol. The van der Waals surface area contributed by atoms with Crippen LogP contribution in [0.1, 0.15) is 10.5 Å². The minimum absolute atomic E-state index is 0.0762. The van der Waals surface area contributed by atoms with E-state index in [1.54, 1.807) is 48.5 Å². The van der Waals surface area contributed by atoms with E-state index < -0.39 is 5.97 Å². The van der Waals surface area contributed by atoms with E-state index in [0.717, 1.165) is 5.56 Å². The van der Waals surface area contributed by atoms with Crippen molar-refractivity contribution in [1.82, 2.24) is 9.78 Å². The fourth-order valence-corrected chi connectivity index (χ4v) is 2.33. The summed E-state index contributed by atoms with van der Waals surface area (Å²) in [6.07, 6.45) is 0. The first-order valence-electron chi connectivity index (χ1n) is 6.40. The average Bonchev–Trinajstić information content (AvgIpc) is 2.94. The number of carboxylic acid groups (broad SMARTS) is 1. The molecule has 6 heteroatoms. The van der Waals surface area contributed by atoms with Gasteiger partial charge in [-0.05, 0) is 42.5 Å². The molecule has 1 N–H and O–H groups in total. The Labute approximate surface area is 136 Å². The number of hydrogen-bond donors (Lipinski definition) is 1. The molecule has 0 amide bonds. The number of aromatic nitrogens is 2. The molecule has 0 aliphatic carbocycles. The van der Waals surface area contributed by atoms with Crippen LogP contribution in [-0.2, 0) is 0 Å². The van der Waals surface area contributed by atoms with Crippen LogP contribution < -0.4 is 0 Å². The Morgan fingerprint density at radius 1 is 0.955 bits per heavy atom. The second kappa shape index (κ2) is 5.83. The van der Waals surface area contributed by atoms with Gasteiger partial charge in [0.1, 0.15) is 0 Å². The van der Waals surface area contributed by atoms with Gasteiger partial charge in [0.05, 0.1) is 11.4 Å². The number of nitrogens with zero attached hydrogens (tertiary/aromatic N) is 2. The third-order valence-corrected chi connectivity index (χ3v) is 3.64. The quantitative estimate of drug-likeness (QED) is 0.765. The van der Waals surface area contributed by atoms with E-state index in [4.69, 9.17) is 23.2 Å². The molecule has 2 aromatic carbocycles. The fraction of sp³-hybridized carbons (Fsp3) is 0. The summed E-state index contributed by atoms with van der Waals surface area (Å²) < 4.78 is 1.38. The molecular weight excluding hydrogens is 323 g/mol. The molecule has 0 saturated heterocycles. The summed E-state index contributed by atoms with van der Waals surface area (Å²) in [5, 5.41) is 14.9. The molecule has 0 bridgehead atoms. The predicted octanol–water partition coefficient (Wildman–Crippen LogP) is 4.54. The maximum absolute atomic E-state index is 11.5. The van der Waals surface area contributed by atoms with Crippen LogP contribution in [0.25, 0.3) is 16.9 Å². The number of carbonyl (C=O) groups is 1. The van der Waals surface area contributed by atoms with Gasteiger partial charge in [0, 0.05) is 15.6 Å². The van der Waals surface area contributed by atoms with Gasteiger partial charge in [-0.1, -0.05) is 35.3 Å². The van der Waals surface area contributed by atoms with E-state index in [9.17, 15) is 9.90 Å². The predicted molar refractivity (Wildman–Crippen MR) is 86.0 cm³/mol. The van der Waals surface area contributed by atoms with Gasteiger partial charge in [0.15, 0.2) is 5.69 Å². The molecule has 3 rings (SSSR count). The number of halogens is 2. The Kier molecular flexibility index (Phi) is 3.88. The normalized spacial score (nSPS) is 10.6. The lowest BCUT2D eigenvalue weighted by molar-refractivity contribution is 0.0687. The Morgan fingerprint density at radius 3 is 2.05 bits per heavy atom. The van der Waals surface area contributed by atoms with Crippen LogP contribution in [0.3, 0.4) is 0 Å². The summed E-state index contributed by atoms with van der Waals surface area (Å²) in [5.74, 6) is -1.05. The first-order valence-corrected chi connectivity index (χ1v) is 7.15. The Bertz CT molecular complexity index is 824. The van der Waals surface area contributed by atoms with Crippen molar-refractivity contribution in [1.29, 1.82) is 0 Å². The van der Waals surface area contributed by atoms with Gasteiger partial charge in [0.2, 0.25) is 0 Å². The Morgan fingerprint density at radius 2 is 1.50 bits per heavy atom. The third kappa shape index (κ3) is 2.84. The van der Waals surface area contributed by atoms with Crippen molar-refractivity contribution in [3.63, 3.8) is 0 Å². The molecule has 4 nitrogen and oxygen atoms in total. The second-order valence-electron chi connectivity index (χ2n) is 4.62. The topological polar surface area (TPSA) is 55.1 Å². The highest BCUT2D eigenvalue weighted by Crippen LogP contribution is 2.24. The van der Waals surface area contributed by atoms with Crippen molar-refractivity contribution in [3.8, 4) is 16.9 Å². The fourth-order valence-electron chi connectivity index (χ4n) is 2.07. The molecule has 0 unspecified atom stereocenters. The summed E-state index contributed by atoms with van der Waals surface area (Å²) in [4.78, 5) is 11.5. The van der Waals surface area contributed by atoms with Gasteiger partial charge < -0.3 is 5.11 Å². The minimum Gasteiger partial charge on any atom is -0.477 e. The van der Waals surface area contributed by atoms with Gasteiger partial charge in [-0.3, -0.25) is 0 Å². The summed E-state index contributed by atoms with van der Waals surface area (Å²) in [5.41, 5.74) is 2.05. The molecule has 1 heterocycles. The second-order valence-corrected chi connectivity index (χ2v) is 5.49. The lowest BCUT2D eigenvalue weighted by Gasteiger charge is -2.04. The van der Waals surface area contributed by atoms with E-state index in [-0.39, 0.29) is 5.69 Å². The molecule has 1 aromatic heterocycles. The van der Waals surface area contributed by atoms with Crippen molar-refractivity contribution in [2.45, 2.75) is 0 Å². The standard InChI is InChI=1S/C16H10Cl2N2O2/c17-11-3-1-10(2-4-11)14-9-15(16(21)22)20(19-14)13-7-5-12(18)6-8-13/h1-9H,(H,21,22). The first kappa shape index (κ1) is 14.6. The molecule has 0 atom stereocenters. The molecule has 3 aromatic rings. The van der Waals surface area contributed by atoms with Crippen LogP contribution in [0.15, 0.2) is 54.6 Å². The van der Waals surface area contributed by atoms with Gasteiger partial charge in [0.25, 0.3) is 0 Å². The van der Waals surface area contributed by atoms with Gasteiger partial charge >= 0.3 is 5.97 Å². The maximum Gasteiger partial charge on any atom is 0.354 e. The van der Waals surface area contributed by atoms with E-state index in [2.05, 4.69) is 5.10 Å². The van der Waals surface area contributed by atoms with E-state index in [1.165, 1.54) is 10.7 Å². The molecule has 0 aliphatic heterocycles. The zero-order valence-corrected chi connectivity index (χ0v) is 12.7. The molecule has 0 spiro atoms. The number of benzene rings is 2. The SMILES string of the molecule is O=C(O)c1cc(-c2ccc(Cl)cc2)nn1-c1ccc(Cl)cc1. The zero-order chi connectivity index (χ0) is 15.7. The molecule has 0 saturated carbocycles. The summed E-state index contributed by atoms with van der Waals surface area (Å²) in [6, 6.07) is 15.4. The van der Waals surface area contributed by atoms with Crippen LogP contribution in [0.4, 0.5) is 0 Å². The van der Waals surface area contributed by atoms with Gasteiger partial charge in [-0.2, -0.15) is 5.10 Å². The number of aromatic carboxylic acids is 1. The zero-order valence-electron chi connectivity index (χ0n) is 11.2. The highest BCUT2D eigenvalue weighted by molar-refractivity contribution is 6.30. The number of hydrogen-bond acceptors (Lipinski definition) is 2. The highest BCUT2D eigenvalue weighted by atomic mass is 35.5. The lowest BCUT2D eigenvalue weighted by Crippen LogP contribution is -2.07. The smallest absolute Gasteiger partial charge is 0.354 e. The van der Waals surface area contributed by atoms with Crippen LogP contribution in [-0.4, -0.2) is 20.9 Å². The highest BCUT2D eigenvalue weighted by Gasteiger charge is 2.16. The molecule has 110 valence electrons. The molecule has 0 fully saturated rings. The van der Waals surface area contributed by atoms with Crippen molar-refractivity contribution >= 4 is 29.2 Å². The lowest BCUT2D eigenvalue weighted by atomic mass is 10.1. The van der Waals surface area contributed by atoms with Crippen LogP contribution in [0.2, 0.25) is 10.0 Å². The van der Waals surface area contributed by atoms with Crippen molar-refractivity contribution in [2.75, 3.05) is 0 Å². The van der Waals surface area contributed by atoms with Crippen LogP contribution in [0.5, 0.6) is 0 Å². The van der Waals surface area contributed by atoms with E-state index >= 15 is 0 Å². The molecule has 0 radical (unpaired) electrons. The van der Waals surface area contributed by atoms with Gasteiger partial charge in [-0.15, -0.1) is 0 Å². The average molecular weight is 333 g/mol. The summed E-state index contributed by atoms with van der Waals surface area (Å²) in [6.45, 7) is 0.